The minimum atomic E-state index is 0.264. The van der Waals surface area contributed by atoms with Crippen LogP contribution in [0.25, 0.3) is 10.1 Å². The number of rotatable bonds is 0. The molecule has 0 aliphatic carbocycles. The number of fused-ring (bicyclic) bond motifs is 1. The van der Waals surface area contributed by atoms with E-state index in [1.165, 1.54) is 11.3 Å². The Kier molecular flexibility index (Phi) is 1.73. The molecule has 0 amide bonds. The van der Waals surface area contributed by atoms with Crippen molar-refractivity contribution in [3.63, 3.8) is 0 Å². The zero-order valence-electron chi connectivity index (χ0n) is 6.04. The lowest BCUT2D eigenvalue weighted by atomic mass is 10.2. The standard InChI is InChI=1S/C8H6BrNOS/c9-5-3-6(10)8-4(7(5)11)1-2-12-8/h1-3,11H,10H2. The van der Waals surface area contributed by atoms with Crippen LogP contribution < -0.4 is 5.73 Å². The maximum atomic E-state index is 9.58. The van der Waals surface area contributed by atoms with E-state index >= 15 is 0 Å². The fraction of sp³-hybridized carbons (Fsp3) is 0. The topological polar surface area (TPSA) is 46.2 Å². The van der Waals surface area contributed by atoms with Crippen LogP contribution in [-0.2, 0) is 0 Å². The number of thiophene rings is 1. The number of nitrogen functional groups attached to an aromatic ring is 1. The summed E-state index contributed by atoms with van der Waals surface area (Å²) in [6.45, 7) is 0. The van der Waals surface area contributed by atoms with Gasteiger partial charge < -0.3 is 10.8 Å². The normalized spacial score (nSPS) is 10.8. The van der Waals surface area contributed by atoms with Gasteiger partial charge in [-0.1, -0.05) is 0 Å². The van der Waals surface area contributed by atoms with Crippen molar-refractivity contribution in [2.24, 2.45) is 0 Å². The smallest absolute Gasteiger partial charge is 0.138 e. The van der Waals surface area contributed by atoms with E-state index in [0.717, 1.165) is 10.1 Å². The maximum absolute atomic E-state index is 9.58. The lowest BCUT2D eigenvalue weighted by Crippen LogP contribution is -1.84. The van der Waals surface area contributed by atoms with Crippen molar-refractivity contribution in [1.29, 1.82) is 0 Å². The Morgan fingerprint density at radius 1 is 1.50 bits per heavy atom. The Morgan fingerprint density at radius 2 is 2.25 bits per heavy atom. The van der Waals surface area contributed by atoms with Crippen molar-refractivity contribution >= 4 is 43.0 Å². The first kappa shape index (κ1) is 7.89. The Balaban J connectivity index is 2.97. The average Bonchev–Trinajstić information content (AvgIpc) is 2.48. The second kappa shape index (κ2) is 2.64. The van der Waals surface area contributed by atoms with Crippen LogP contribution in [0.5, 0.6) is 5.75 Å². The number of benzene rings is 1. The molecule has 0 bridgehead atoms. The van der Waals surface area contributed by atoms with Crippen LogP contribution >= 0.6 is 27.3 Å². The third-order valence-corrected chi connectivity index (χ3v) is 3.26. The fourth-order valence-electron chi connectivity index (χ4n) is 1.12. The van der Waals surface area contributed by atoms with Gasteiger partial charge in [0.25, 0.3) is 0 Å². The summed E-state index contributed by atoms with van der Waals surface area (Å²) in [6.07, 6.45) is 0. The van der Waals surface area contributed by atoms with Crippen molar-refractivity contribution in [2.45, 2.75) is 0 Å². The van der Waals surface area contributed by atoms with Crippen LogP contribution in [0.2, 0.25) is 0 Å². The van der Waals surface area contributed by atoms with Crippen molar-refractivity contribution in [3.05, 3.63) is 22.0 Å². The zero-order valence-corrected chi connectivity index (χ0v) is 8.45. The quantitative estimate of drug-likeness (QED) is 0.552. The van der Waals surface area contributed by atoms with Gasteiger partial charge in [-0.15, -0.1) is 11.3 Å². The Hall–Kier alpha value is -0.740. The maximum Gasteiger partial charge on any atom is 0.138 e. The van der Waals surface area contributed by atoms with Gasteiger partial charge in [0.05, 0.1) is 14.9 Å². The van der Waals surface area contributed by atoms with Crippen LogP contribution in [-0.4, -0.2) is 5.11 Å². The van der Waals surface area contributed by atoms with Gasteiger partial charge in [0, 0.05) is 5.39 Å². The van der Waals surface area contributed by atoms with Gasteiger partial charge in [0.15, 0.2) is 0 Å². The summed E-state index contributed by atoms with van der Waals surface area (Å²) in [5, 5.41) is 12.3. The first-order valence-electron chi connectivity index (χ1n) is 3.34. The molecule has 1 aromatic carbocycles. The van der Waals surface area contributed by atoms with Gasteiger partial charge in [-0.3, -0.25) is 0 Å². The average molecular weight is 244 g/mol. The highest BCUT2D eigenvalue weighted by atomic mass is 79.9. The van der Waals surface area contributed by atoms with Gasteiger partial charge in [-0.05, 0) is 33.4 Å². The molecule has 0 radical (unpaired) electrons. The van der Waals surface area contributed by atoms with Gasteiger partial charge in [0.2, 0.25) is 0 Å². The fourth-order valence-corrected chi connectivity index (χ4v) is 2.41. The highest BCUT2D eigenvalue weighted by Gasteiger charge is 2.08. The minimum absolute atomic E-state index is 0.264. The molecule has 62 valence electrons. The molecule has 0 aliphatic heterocycles. The highest BCUT2D eigenvalue weighted by molar-refractivity contribution is 9.10. The summed E-state index contributed by atoms with van der Waals surface area (Å²) < 4.78 is 1.58. The second-order valence-corrected chi connectivity index (χ2v) is 4.23. The van der Waals surface area contributed by atoms with Crippen LogP contribution in [0.15, 0.2) is 22.0 Å². The monoisotopic (exact) mass is 243 g/mol. The summed E-state index contributed by atoms with van der Waals surface area (Å²) in [7, 11) is 0. The van der Waals surface area contributed by atoms with E-state index in [1.807, 2.05) is 11.4 Å². The van der Waals surface area contributed by atoms with E-state index in [9.17, 15) is 5.11 Å². The van der Waals surface area contributed by atoms with Crippen molar-refractivity contribution in [1.82, 2.24) is 0 Å². The number of nitrogens with two attached hydrogens (primary N) is 1. The van der Waals surface area contributed by atoms with Gasteiger partial charge in [0.1, 0.15) is 5.75 Å². The van der Waals surface area contributed by atoms with Gasteiger partial charge in [-0.2, -0.15) is 0 Å². The van der Waals surface area contributed by atoms with Crippen LogP contribution in [0.4, 0.5) is 5.69 Å². The van der Waals surface area contributed by atoms with E-state index in [2.05, 4.69) is 15.9 Å². The molecule has 0 unspecified atom stereocenters. The van der Waals surface area contributed by atoms with E-state index in [-0.39, 0.29) is 5.75 Å². The van der Waals surface area contributed by atoms with Crippen molar-refractivity contribution in [3.8, 4) is 5.75 Å². The molecule has 0 saturated heterocycles. The van der Waals surface area contributed by atoms with Gasteiger partial charge >= 0.3 is 0 Å². The molecule has 2 nitrogen and oxygen atoms in total. The zero-order chi connectivity index (χ0) is 8.72. The molecule has 3 N–H and O–H groups in total. The summed E-state index contributed by atoms with van der Waals surface area (Å²) in [4.78, 5) is 0. The third kappa shape index (κ3) is 0.990. The second-order valence-electron chi connectivity index (χ2n) is 2.46. The van der Waals surface area contributed by atoms with E-state index < -0.39 is 0 Å². The lowest BCUT2D eigenvalue weighted by molar-refractivity contribution is 0.478. The number of hydrogen-bond acceptors (Lipinski definition) is 3. The molecule has 0 spiro atoms. The number of hydrogen-bond donors (Lipinski definition) is 2. The van der Waals surface area contributed by atoms with E-state index in [4.69, 9.17) is 5.73 Å². The molecule has 4 heteroatoms. The SMILES string of the molecule is Nc1cc(Br)c(O)c2ccsc12. The molecule has 2 aromatic rings. The number of phenols is 1. The molecular weight excluding hydrogens is 238 g/mol. The molecule has 2 rings (SSSR count). The molecular formula is C8H6BrNOS. The Bertz CT molecular complexity index is 438. The molecule has 0 fully saturated rings. The molecule has 0 atom stereocenters. The first-order valence-corrected chi connectivity index (χ1v) is 5.01. The summed E-state index contributed by atoms with van der Waals surface area (Å²) in [6, 6.07) is 3.57. The van der Waals surface area contributed by atoms with E-state index in [1.54, 1.807) is 6.07 Å². The molecule has 0 saturated carbocycles. The molecule has 1 aromatic heterocycles. The molecule has 1 heterocycles. The summed E-state index contributed by atoms with van der Waals surface area (Å²) in [5.41, 5.74) is 6.44. The minimum Gasteiger partial charge on any atom is -0.506 e. The summed E-state index contributed by atoms with van der Waals surface area (Å²) >= 11 is 4.76. The van der Waals surface area contributed by atoms with Crippen molar-refractivity contribution < 1.29 is 5.11 Å². The summed E-state index contributed by atoms with van der Waals surface area (Å²) in [5.74, 6) is 0.264. The lowest BCUT2D eigenvalue weighted by Gasteiger charge is -2.01. The Labute approximate surface area is 81.8 Å². The number of anilines is 1. The molecule has 12 heavy (non-hydrogen) atoms. The predicted octanol–water partition coefficient (Wildman–Crippen LogP) is 2.95. The van der Waals surface area contributed by atoms with Gasteiger partial charge in [-0.25, -0.2) is 0 Å². The van der Waals surface area contributed by atoms with Crippen molar-refractivity contribution in [2.75, 3.05) is 5.73 Å². The largest absolute Gasteiger partial charge is 0.506 e. The van der Waals surface area contributed by atoms with Crippen LogP contribution in [0.1, 0.15) is 0 Å². The number of phenolic OH excluding ortho intramolecular Hbond substituents is 1. The first-order chi connectivity index (χ1) is 5.70. The number of aromatic hydroxyl groups is 1. The van der Waals surface area contributed by atoms with Crippen LogP contribution in [0, 0.1) is 0 Å². The van der Waals surface area contributed by atoms with E-state index in [0.29, 0.717) is 10.2 Å². The number of halogens is 1. The third-order valence-electron chi connectivity index (χ3n) is 1.69. The predicted molar refractivity (Wildman–Crippen MR) is 55.6 cm³/mol. The highest BCUT2D eigenvalue weighted by Crippen LogP contribution is 2.39. The van der Waals surface area contributed by atoms with Crippen LogP contribution in [0.3, 0.4) is 0 Å². The Morgan fingerprint density at radius 3 is 3.00 bits per heavy atom. The molecule has 0 aliphatic rings.